The molecule has 1 amide bonds. The maximum absolute atomic E-state index is 12.5. The Labute approximate surface area is 158 Å². The van der Waals surface area contributed by atoms with Gasteiger partial charge < -0.3 is 10.1 Å². The van der Waals surface area contributed by atoms with E-state index in [0.29, 0.717) is 28.8 Å². The molecule has 0 saturated carbocycles. The van der Waals surface area contributed by atoms with Crippen molar-refractivity contribution < 1.29 is 9.53 Å². The predicted molar refractivity (Wildman–Crippen MR) is 99.9 cm³/mol. The van der Waals surface area contributed by atoms with Gasteiger partial charge in [-0.2, -0.15) is 0 Å². The maximum Gasteiger partial charge on any atom is 0.258 e. The van der Waals surface area contributed by atoms with Gasteiger partial charge in [0.25, 0.3) is 5.91 Å². The van der Waals surface area contributed by atoms with Crippen molar-refractivity contribution in [3.8, 4) is 5.75 Å². The van der Waals surface area contributed by atoms with E-state index in [2.05, 4.69) is 31.2 Å². The highest BCUT2D eigenvalue weighted by atomic mass is 79.9. The fourth-order valence-corrected chi connectivity index (χ4v) is 2.85. The lowest BCUT2D eigenvalue weighted by atomic mass is 10.2. The number of halogens is 2. The van der Waals surface area contributed by atoms with Crippen LogP contribution in [0.1, 0.15) is 15.9 Å². The smallest absolute Gasteiger partial charge is 0.258 e. The van der Waals surface area contributed by atoms with E-state index in [1.807, 2.05) is 12.1 Å². The third-order valence-corrected chi connectivity index (χ3v) is 4.13. The molecule has 0 spiro atoms. The van der Waals surface area contributed by atoms with Gasteiger partial charge in [-0.3, -0.25) is 9.78 Å². The summed E-state index contributed by atoms with van der Waals surface area (Å²) in [5.74, 6) is 0.450. The average Bonchev–Trinajstić information content (AvgIpc) is 2.61. The topological polar surface area (TPSA) is 64.1 Å². The van der Waals surface area contributed by atoms with Gasteiger partial charge in [0, 0.05) is 23.1 Å². The number of benzene rings is 1. The minimum Gasteiger partial charge on any atom is -0.485 e. The van der Waals surface area contributed by atoms with Gasteiger partial charge in [0.05, 0.1) is 10.6 Å². The van der Waals surface area contributed by atoms with Gasteiger partial charge in [-0.25, -0.2) is 4.98 Å². The predicted octanol–water partition coefficient (Wildman–Crippen LogP) is 4.72. The molecule has 0 aliphatic carbocycles. The number of nitrogens with one attached hydrogen (secondary N) is 1. The minimum atomic E-state index is -0.357. The summed E-state index contributed by atoms with van der Waals surface area (Å²) in [5, 5.41) is 3.09. The van der Waals surface area contributed by atoms with Crippen LogP contribution in [0.2, 0.25) is 5.02 Å². The molecule has 0 saturated heterocycles. The molecule has 7 heteroatoms. The highest BCUT2D eigenvalue weighted by Crippen LogP contribution is 2.25. The van der Waals surface area contributed by atoms with E-state index in [-0.39, 0.29) is 5.91 Å². The van der Waals surface area contributed by atoms with Crippen molar-refractivity contribution in [3.05, 3.63) is 81.7 Å². The largest absolute Gasteiger partial charge is 0.485 e. The van der Waals surface area contributed by atoms with Gasteiger partial charge in [-0.15, -0.1) is 0 Å². The second-order valence-electron chi connectivity index (χ2n) is 5.07. The number of amides is 1. The molecule has 0 aliphatic heterocycles. The quantitative estimate of drug-likeness (QED) is 0.651. The van der Waals surface area contributed by atoms with Gasteiger partial charge in [0.2, 0.25) is 0 Å². The lowest BCUT2D eigenvalue weighted by molar-refractivity contribution is 0.102. The Hall–Kier alpha value is -2.44. The van der Waals surface area contributed by atoms with Crippen molar-refractivity contribution in [1.29, 1.82) is 0 Å². The molecule has 3 aromatic rings. The summed E-state index contributed by atoms with van der Waals surface area (Å²) in [4.78, 5) is 20.6. The number of nitrogens with zero attached hydrogens (tertiary/aromatic N) is 2. The van der Waals surface area contributed by atoms with Crippen molar-refractivity contribution >= 4 is 39.3 Å². The van der Waals surface area contributed by atoms with Crippen molar-refractivity contribution in [2.24, 2.45) is 0 Å². The molecule has 25 heavy (non-hydrogen) atoms. The molecular weight excluding hydrogens is 406 g/mol. The molecule has 2 heterocycles. The van der Waals surface area contributed by atoms with Crippen LogP contribution < -0.4 is 10.1 Å². The number of carbonyl (C=O) groups excluding carboxylic acids is 1. The monoisotopic (exact) mass is 417 g/mol. The third kappa shape index (κ3) is 4.55. The highest BCUT2D eigenvalue weighted by Gasteiger charge is 2.14. The Morgan fingerprint density at radius 3 is 2.72 bits per heavy atom. The summed E-state index contributed by atoms with van der Waals surface area (Å²) in [6.07, 6.45) is 4.97. The van der Waals surface area contributed by atoms with E-state index in [9.17, 15) is 4.79 Å². The van der Waals surface area contributed by atoms with Crippen LogP contribution >= 0.6 is 27.5 Å². The first-order valence-corrected chi connectivity index (χ1v) is 8.54. The summed E-state index contributed by atoms with van der Waals surface area (Å²) < 4.78 is 6.56. The molecule has 0 fully saturated rings. The van der Waals surface area contributed by atoms with Crippen LogP contribution in [0, 0.1) is 0 Å². The lowest BCUT2D eigenvalue weighted by Gasteiger charge is -2.12. The average molecular weight is 419 g/mol. The second kappa shape index (κ2) is 8.09. The normalized spacial score (nSPS) is 10.3. The lowest BCUT2D eigenvalue weighted by Crippen LogP contribution is -2.14. The van der Waals surface area contributed by atoms with Gasteiger partial charge in [-0.05, 0) is 48.0 Å². The Kier molecular flexibility index (Phi) is 5.63. The first-order chi connectivity index (χ1) is 12.1. The molecule has 5 nitrogen and oxygen atoms in total. The Morgan fingerprint density at radius 2 is 1.96 bits per heavy atom. The van der Waals surface area contributed by atoms with Crippen molar-refractivity contribution in [2.75, 3.05) is 5.32 Å². The fraction of sp³-hybridized carbons (Fsp3) is 0.0556. The molecule has 126 valence electrons. The van der Waals surface area contributed by atoms with Crippen LogP contribution in [0.4, 0.5) is 5.82 Å². The molecule has 0 bridgehead atoms. The van der Waals surface area contributed by atoms with Crippen LogP contribution in [0.5, 0.6) is 5.75 Å². The van der Waals surface area contributed by atoms with Crippen molar-refractivity contribution in [1.82, 2.24) is 9.97 Å². The van der Waals surface area contributed by atoms with E-state index in [1.165, 1.54) is 0 Å². The standard InChI is InChI=1S/C18H13BrClN3O2/c19-13-3-4-14(15(20)10-13)18(24)23-17-16(2-1-7-22-17)25-11-12-5-8-21-9-6-12/h1-10H,11H2,(H,22,23,24). The van der Waals surface area contributed by atoms with E-state index < -0.39 is 0 Å². The van der Waals surface area contributed by atoms with Crippen molar-refractivity contribution in [2.45, 2.75) is 6.61 Å². The van der Waals surface area contributed by atoms with E-state index in [4.69, 9.17) is 16.3 Å². The number of aromatic nitrogens is 2. The number of pyridine rings is 2. The molecule has 2 aromatic heterocycles. The molecule has 3 rings (SSSR count). The van der Waals surface area contributed by atoms with Gasteiger partial charge in [0.1, 0.15) is 6.61 Å². The third-order valence-electron chi connectivity index (χ3n) is 3.32. The summed E-state index contributed by atoms with van der Waals surface area (Å²) in [7, 11) is 0. The SMILES string of the molecule is O=C(Nc1ncccc1OCc1ccncc1)c1ccc(Br)cc1Cl. The Bertz CT molecular complexity index is 890. The number of ether oxygens (including phenoxy) is 1. The first-order valence-electron chi connectivity index (χ1n) is 7.36. The molecule has 1 N–H and O–H groups in total. The van der Waals surface area contributed by atoms with Crippen LogP contribution in [-0.2, 0) is 6.61 Å². The number of hydrogen-bond donors (Lipinski definition) is 1. The number of anilines is 1. The van der Waals surface area contributed by atoms with Crippen LogP contribution in [-0.4, -0.2) is 15.9 Å². The number of hydrogen-bond acceptors (Lipinski definition) is 4. The van der Waals surface area contributed by atoms with Crippen molar-refractivity contribution in [3.63, 3.8) is 0 Å². The molecule has 0 aliphatic rings. The van der Waals surface area contributed by atoms with Gasteiger partial charge in [-0.1, -0.05) is 27.5 Å². The zero-order chi connectivity index (χ0) is 17.6. The highest BCUT2D eigenvalue weighted by molar-refractivity contribution is 9.10. The summed E-state index contributed by atoms with van der Waals surface area (Å²) in [6, 6.07) is 12.3. The van der Waals surface area contributed by atoms with E-state index >= 15 is 0 Å². The zero-order valence-corrected chi connectivity index (χ0v) is 15.3. The van der Waals surface area contributed by atoms with E-state index in [1.54, 1.807) is 48.9 Å². The molecule has 1 aromatic carbocycles. The van der Waals surface area contributed by atoms with Crippen LogP contribution in [0.3, 0.4) is 0 Å². The van der Waals surface area contributed by atoms with Gasteiger partial charge in [0.15, 0.2) is 11.6 Å². The summed E-state index contributed by atoms with van der Waals surface area (Å²) in [5.41, 5.74) is 1.32. The Balaban J connectivity index is 1.75. The Morgan fingerprint density at radius 1 is 1.16 bits per heavy atom. The summed E-state index contributed by atoms with van der Waals surface area (Å²) >= 11 is 9.44. The molecule has 0 radical (unpaired) electrons. The summed E-state index contributed by atoms with van der Waals surface area (Å²) in [6.45, 7) is 0.343. The molecule has 0 unspecified atom stereocenters. The fourth-order valence-electron chi connectivity index (χ4n) is 2.09. The number of rotatable bonds is 5. The molecular formula is C18H13BrClN3O2. The second-order valence-corrected chi connectivity index (χ2v) is 6.40. The first kappa shape index (κ1) is 17.4. The zero-order valence-electron chi connectivity index (χ0n) is 12.9. The maximum atomic E-state index is 12.5. The van der Waals surface area contributed by atoms with E-state index in [0.717, 1.165) is 10.0 Å². The van der Waals surface area contributed by atoms with Gasteiger partial charge >= 0.3 is 0 Å². The molecule has 0 atom stereocenters. The minimum absolute atomic E-state index is 0.334. The number of carbonyl (C=O) groups is 1. The van der Waals surface area contributed by atoms with Crippen LogP contribution in [0.25, 0.3) is 0 Å². The van der Waals surface area contributed by atoms with Crippen LogP contribution in [0.15, 0.2) is 65.5 Å².